The van der Waals surface area contributed by atoms with Gasteiger partial charge in [0.25, 0.3) is 0 Å². The second-order valence-corrected chi connectivity index (χ2v) is 5.30. The molecule has 0 bridgehead atoms. The smallest absolute Gasteiger partial charge is 0.167 e. The highest BCUT2D eigenvalue weighted by Crippen LogP contribution is 2.32. The molecule has 0 saturated carbocycles. The Balaban J connectivity index is 2.42. The third kappa shape index (κ3) is 1.73. The fourth-order valence-corrected chi connectivity index (χ4v) is 3.05. The van der Waals surface area contributed by atoms with E-state index in [0.717, 1.165) is 16.1 Å². The highest BCUT2D eigenvalue weighted by atomic mass is 35.5. The van der Waals surface area contributed by atoms with Crippen molar-refractivity contribution in [2.24, 2.45) is 0 Å². The fraction of sp³-hybridized carbons (Fsp3) is 0.0909. The predicted molar refractivity (Wildman–Crippen MR) is 71.1 cm³/mol. The molecule has 17 heavy (non-hydrogen) atoms. The number of aryl methyl sites for hydroxylation is 1. The van der Waals surface area contributed by atoms with Crippen molar-refractivity contribution < 1.29 is 0 Å². The predicted octanol–water partition coefficient (Wildman–Crippen LogP) is 4.07. The summed E-state index contributed by atoms with van der Waals surface area (Å²) in [5.41, 5.74) is 2.58. The average Bonchev–Trinajstić information content (AvgIpc) is 2.84. The van der Waals surface area contributed by atoms with E-state index >= 15 is 0 Å². The van der Waals surface area contributed by atoms with Crippen molar-refractivity contribution in [1.29, 1.82) is 0 Å². The SMILES string of the molecule is Cc1nn2c(Cl)cc(Cl)nc2c1-c1cccs1. The van der Waals surface area contributed by atoms with Gasteiger partial charge in [-0.1, -0.05) is 29.3 Å². The Labute approximate surface area is 112 Å². The molecule has 3 heterocycles. The summed E-state index contributed by atoms with van der Waals surface area (Å²) in [4.78, 5) is 5.42. The molecule has 0 saturated heterocycles. The Morgan fingerprint density at radius 1 is 1.35 bits per heavy atom. The zero-order chi connectivity index (χ0) is 12.0. The van der Waals surface area contributed by atoms with Gasteiger partial charge in [0.05, 0.1) is 11.3 Å². The molecule has 0 aliphatic carbocycles. The summed E-state index contributed by atoms with van der Waals surface area (Å²) in [6, 6.07) is 5.61. The van der Waals surface area contributed by atoms with E-state index in [4.69, 9.17) is 23.2 Å². The number of thiophene rings is 1. The highest BCUT2D eigenvalue weighted by Gasteiger charge is 2.16. The van der Waals surface area contributed by atoms with Crippen LogP contribution in [-0.4, -0.2) is 14.6 Å². The summed E-state index contributed by atoms with van der Waals surface area (Å²) in [5, 5.41) is 7.24. The molecular formula is C11H7Cl2N3S. The molecule has 0 amide bonds. The largest absolute Gasteiger partial charge is 0.216 e. The van der Waals surface area contributed by atoms with Crippen molar-refractivity contribution in [3.63, 3.8) is 0 Å². The minimum Gasteiger partial charge on any atom is -0.216 e. The Morgan fingerprint density at radius 2 is 2.18 bits per heavy atom. The van der Waals surface area contributed by atoms with Gasteiger partial charge in [0.15, 0.2) is 5.65 Å². The lowest BCUT2D eigenvalue weighted by molar-refractivity contribution is 0.918. The molecule has 0 N–H and O–H groups in total. The van der Waals surface area contributed by atoms with Gasteiger partial charge in [-0.3, -0.25) is 0 Å². The molecule has 0 aliphatic heterocycles. The highest BCUT2D eigenvalue weighted by molar-refractivity contribution is 7.13. The number of hydrogen-bond acceptors (Lipinski definition) is 3. The van der Waals surface area contributed by atoms with E-state index in [2.05, 4.69) is 10.1 Å². The van der Waals surface area contributed by atoms with Crippen LogP contribution in [0, 0.1) is 6.92 Å². The molecule has 0 radical (unpaired) electrons. The van der Waals surface area contributed by atoms with Gasteiger partial charge in [0, 0.05) is 10.9 Å². The Morgan fingerprint density at radius 3 is 2.88 bits per heavy atom. The first-order valence-electron chi connectivity index (χ1n) is 4.92. The van der Waals surface area contributed by atoms with Crippen LogP contribution in [0.25, 0.3) is 16.1 Å². The lowest BCUT2D eigenvalue weighted by Gasteiger charge is -1.98. The molecule has 3 aromatic rings. The molecule has 0 unspecified atom stereocenters. The van der Waals surface area contributed by atoms with Crippen LogP contribution in [-0.2, 0) is 0 Å². The topological polar surface area (TPSA) is 30.2 Å². The molecule has 3 aromatic heterocycles. The summed E-state index contributed by atoms with van der Waals surface area (Å²) in [5.74, 6) is 0. The van der Waals surface area contributed by atoms with E-state index in [1.807, 2.05) is 24.4 Å². The van der Waals surface area contributed by atoms with Crippen LogP contribution in [0.2, 0.25) is 10.3 Å². The minimum atomic E-state index is 0.375. The van der Waals surface area contributed by atoms with Crippen LogP contribution >= 0.6 is 34.5 Å². The summed E-state index contributed by atoms with van der Waals surface area (Å²) < 4.78 is 1.61. The standard InChI is InChI=1S/C11H7Cl2N3S/c1-6-10(7-3-2-4-17-7)11-14-8(12)5-9(13)16(11)15-6/h2-5H,1H3. The minimum absolute atomic E-state index is 0.375. The van der Waals surface area contributed by atoms with Gasteiger partial charge in [0.1, 0.15) is 10.3 Å². The second-order valence-electron chi connectivity index (χ2n) is 3.57. The third-order valence-corrected chi connectivity index (χ3v) is 3.81. The van der Waals surface area contributed by atoms with Gasteiger partial charge >= 0.3 is 0 Å². The van der Waals surface area contributed by atoms with Crippen molar-refractivity contribution in [3.05, 3.63) is 39.6 Å². The van der Waals surface area contributed by atoms with Crippen LogP contribution < -0.4 is 0 Å². The number of nitrogens with zero attached hydrogens (tertiary/aromatic N) is 3. The summed E-state index contributed by atoms with van der Waals surface area (Å²) in [7, 11) is 0. The van der Waals surface area contributed by atoms with Crippen LogP contribution in [0.5, 0.6) is 0 Å². The van der Waals surface area contributed by atoms with E-state index in [-0.39, 0.29) is 0 Å². The second kappa shape index (κ2) is 3.98. The Kier molecular flexibility index (Phi) is 2.58. The number of rotatable bonds is 1. The molecular weight excluding hydrogens is 277 g/mol. The molecule has 0 fully saturated rings. The molecule has 6 heteroatoms. The molecule has 0 atom stereocenters. The number of halogens is 2. The lowest BCUT2D eigenvalue weighted by atomic mass is 10.2. The maximum atomic E-state index is 6.09. The van der Waals surface area contributed by atoms with E-state index < -0.39 is 0 Å². The maximum Gasteiger partial charge on any atom is 0.167 e. The van der Waals surface area contributed by atoms with Gasteiger partial charge in [0.2, 0.25) is 0 Å². The van der Waals surface area contributed by atoms with Gasteiger partial charge < -0.3 is 0 Å². The number of aromatic nitrogens is 3. The first-order valence-corrected chi connectivity index (χ1v) is 6.55. The van der Waals surface area contributed by atoms with E-state index in [1.54, 1.807) is 21.9 Å². The number of hydrogen-bond donors (Lipinski definition) is 0. The monoisotopic (exact) mass is 283 g/mol. The molecule has 86 valence electrons. The molecule has 3 rings (SSSR count). The number of fused-ring (bicyclic) bond motifs is 1. The van der Waals surface area contributed by atoms with Crippen molar-refractivity contribution in [2.75, 3.05) is 0 Å². The van der Waals surface area contributed by atoms with Crippen molar-refractivity contribution >= 4 is 40.2 Å². The van der Waals surface area contributed by atoms with Crippen molar-refractivity contribution in [1.82, 2.24) is 14.6 Å². The summed E-state index contributed by atoms with van der Waals surface area (Å²) in [6.07, 6.45) is 0. The fourth-order valence-electron chi connectivity index (χ4n) is 1.77. The zero-order valence-corrected chi connectivity index (χ0v) is 11.1. The van der Waals surface area contributed by atoms with E-state index in [1.165, 1.54) is 0 Å². The first-order chi connectivity index (χ1) is 8.16. The van der Waals surface area contributed by atoms with Crippen LogP contribution in [0.4, 0.5) is 0 Å². The van der Waals surface area contributed by atoms with E-state index in [0.29, 0.717) is 16.0 Å². The molecule has 0 aromatic carbocycles. The van der Waals surface area contributed by atoms with Gasteiger partial charge in [-0.2, -0.15) is 5.10 Å². The van der Waals surface area contributed by atoms with Crippen LogP contribution in [0.3, 0.4) is 0 Å². The van der Waals surface area contributed by atoms with E-state index in [9.17, 15) is 0 Å². The van der Waals surface area contributed by atoms with Crippen molar-refractivity contribution in [3.8, 4) is 10.4 Å². The summed E-state index contributed by atoms with van der Waals surface area (Å²) >= 11 is 13.7. The average molecular weight is 284 g/mol. The van der Waals surface area contributed by atoms with Gasteiger partial charge in [-0.25, -0.2) is 9.50 Å². The lowest BCUT2D eigenvalue weighted by Crippen LogP contribution is -1.92. The third-order valence-electron chi connectivity index (χ3n) is 2.46. The summed E-state index contributed by atoms with van der Waals surface area (Å²) in [6.45, 7) is 1.94. The van der Waals surface area contributed by atoms with Crippen molar-refractivity contribution in [2.45, 2.75) is 6.92 Å². The normalized spacial score (nSPS) is 11.2. The van der Waals surface area contributed by atoms with Crippen LogP contribution in [0.1, 0.15) is 5.69 Å². The molecule has 3 nitrogen and oxygen atoms in total. The Bertz CT molecular complexity index is 688. The maximum absolute atomic E-state index is 6.09. The first kappa shape index (κ1) is 11.0. The van der Waals surface area contributed by atoms with Gasteiger partial charge in [-0.05, 0) is 18.4 Å². The van der Waals surface area contributed by atoms with Gasteiger partial charge in [-0.15, -0.1) is 11.3 Å². The zero-order valence-electron chi connectivity index (χ0n) is 8.82. The van der Waals surface area contributed by atoms with Crippen LogP contribution in [0.15, 0.2) is 23.6 Å². The Hall–Kier alpha value is -1.10. The molecule has 0 spiro atoms. The quantitative estimate of drug-likeness (QED) is 0.630. The molecule has 0 aliphatic rings.